The molecule has 0 saturated carbocycles. The highest BCUT2D eigenvalue weighted by atomic mass is 16.2. The summed E-state index contributed by atoms with van der Waals surface area (Å²) in [5, 5.41) is 3.07. The molecule has 5 nitrogen and oxygen atoms in total. The standard InChI is InChI=1S/C20H31N3O2/c21-14-7-2-1-6-10-19(24)22-18-13-15-23(16-18)20(25)12-11-17-8-4-3-5-9-17/h3-5,8-9,18H,1-2,6-7,10-16,21H2,(H,22,24). The third kappa shape index (κ3) is 7.26. The molecule has 1 saturated heterocycles. The molecule has 0 radical (unpaired) electrons. The summed E-state index contributed by atoms with van der Waals surface area (Å²) in [6.07, 6.45) is 6.83. The molecule has 2 rings (SSSR count). The van der Waals surface area contributed by atoms with Crippen molar-refractivity contribution in [2.45, 2.75) is 57.4 Å². The number of carbonyl (C=O) groups excluding carboxylic acids is 2. The van der Waals surface area contributed by atoms with E-state index in [4.69, 9.17) is 5.73 Å². The number of nitrogens with one attached hydrogen (secondary N) is 1. The van der Waals surface area contributed by atoms with Crippen LogP contribution >= 0.6 is 0 Å². The van der Waals surface area contributed by atoms with Gasteiger partial charge in [0.25, 0.3) is 0 Å². The van der Waals surface area contributed by atoms with Crippen molar-refractivity contribution in [1.82, 2.24) is 10.2 Å². The van der Waals surface area contributed by atoms with Crippen LogP contribution in [0.3, 0.4) is 0 Å². The molecule has 1 fully saturated rings. The lowest BCUT2D eigenvalue weighted by Crippen LogP contribution is -2.38. The van der Waals surface area contributed by atoms with E-state index in [2.05, 4.69) is 5.32 Å². The zero-order valence-electron chi connectivity index (χ0n) is 15.1. The predicted molar refractivity (Wildman–Crippen MR) is 100 cm³/mol. The summed E-state index contributed by atoms with van der Waals surface area (Å²) < 4.78 is 0. The van der Waals surface area contributed by atoms with Crippen LogP contribution in [0.1, 0.15) is 50.5 Å². The number of benzene rings is 1. The SMILES string of the molecule is NCCCCCCC(=O)NC1CCN(C(=O)CCc2ccccc2)C1. The Balaban J connectivity index is 1.61. The molecule has 1 aromatic rings. The maximum absolute atomic E-state index is 12.3. The van der Waals surface area contributed by atoms with Crippen LogP contribution in [-0.4, -0.2) is 42.4 Å². The molecule has 1 unspecified atom stereocenters. The summed E-state index contributed by atoms with van der Waals surface area (Å²) in [4.78, 5) is 26.2. The van der Waals surface area contributed by atoms with Crippen LogP contribution in [0.25, 0.3) is 0 Å². The van der Waals surface area contributed by atoms with Gasteiger partial charge in [-0.3, -0.25) is 9.59 Å². The Hall–Kier alpha value is -1.88. The zero-order chi connectivity index (χ0) is 17.9. The van der Waals surface area contributed by atoms with Gasteiger partial charge >= 0.3 is 0 Å². The van der Waals surface area contributed by atoms with Crippen molar-refractivity contribution in [3.63, 3.8) is 0 Å². The minimum atomic E-state index is 0.108. The van der Waals surface area contributed by atoms with Gasteiger partial charge < -0.3 is 16.0 Å². The normalized spacial score (nSPS) is 16.8. The summed E-state index contributed by atoms with van der Waals surface area (Å²) >= 11 is 0. The van der Waals surface area contributed by atoms with Crippen LogP contribution < -0.4 is 11.1 Å². The quantitative estimate of drug-likeness (QED) is 0.639. The van der Waals surface area contributed by atoms with Crippen LogP contribution in [0.5, 0.6) is 0 Å². The number of nitrogens with zero attached hydrogens (tertiary/aromatic N) is 1. The number of aryl methyl sites for hydroxylation is 1. The number of likely N-dealkylation sites (tertiary alicyclic amines) is 1. The van der Waals surface area contributed by atoms with Gasteiger partial charge in [0.15, 0.2) is 0 Å². The Kier molecular flexibility index (Phi) is 8.46. The number of unbranched alkanes of at least 4 members (excludes halogenated alkanes) is 3. The van der Waals surface area contributed by atoms with Gasteiger partial charge in [-0.25, -0.2) is 0 Å². The van der Waals surface area contributed by atoms with Crippen LogP contribution in [0.15, 0.2) is 30.3 Å². The molecule has 0 aliphatic carbocycles. The first kappa shape index (κ1) is 19.4. The van der Waals surface area contributed by atoms with Gasteiger partial charge in [0.05, 0.1) is 0 Å². The molecule has 0 spiro atoms. The van der Waals surface area contributed by atoms with Crippen LogP contribution in [0.4, 0.5) is 0 Å². The van der Waals surface area contributed by atoms with E-state index in [1.54, 1.807) is 0 Å². The van der Waals surface area contributed by atoms with E-state index in [0.717, 1.165) is 51.6 Å². The fourth-order valence-corrected chi connectivity index (χ4v) is 3.24. The largest absolute Gasteiger partial charge is 0.352 e. The average Bonchev–Trinajstić information content (AvgIpc) is 3.09. The fraction of sp³-hybridized carbons (Fsp3) is 0.600. The molecule has 1 heterocycles. The number of nitrogens with two attached hydrogens (primary N) is 1. The highest BCUT2D eigenvalue weighted by molar-refractivity contribution is 5.78. The van der Waals surface area contributed by atoms with Gasteiger partial charge in [0.1, 0.15) is 0 Å². The Morgan fingerprint density at radius 1 is 1.08 bits per heavy atom. The van der Waals surface area contributed by atoms with Gasteiger partial charge in [-0.05, 0) is 37.8 Å². The van der Waals surface area contributed by atoms with E-state index < -0.39 is 0 Å². The fourth-order valence-electron chi connectivity index (χ4n) is 3.24. The van der Waals surface area contributed by atoms with E-state index in [1.165, 1.54) is 5.56 Å². The van der Waals surface area contributed by atoms with Crippen molar-refractivity contribution < 1.29 is 9.59 Å². The maximum atomic E-state index is 12.3. The summed E-state index contributed by atoms with van der Waals surface area (Å²) in [5.74, 6) is 0.290. The van der Waals surface area contributed by atoms with E-state index in [0.29, 0.717) is 19.4 Å². The molecule has 1 atom stereocenters. The van der Waals surface area contributed by atoms with E-state index in [9.17, 15) is 9.59 Å². The van der Waals surface area contributed by atoms with Crippen LogP contribution in [-0.2, 0) is 16.0 Å². The van der Waals surface area contributed by atoms with Gasteiger partial charge in [-0.15, -0.1) is 0 Å². The van der Waals surface area contributed by atoms with Crippen molar-refractivity contribution in [2.24, 2.45) is 5.73 Å². The van der Waals surface area contributed by atoms with Crippen molar-refractivity contribution >= 4 is 11.8 Å². The molecular formula is C20H31N3O2. The van der Waals surface area contributed by atoms with Gasteiger partial charge in [-0.2, -0.15) is 0 Å². The molecule has 0 bridgehead atoms. The van der Waals surface area contributed by atoms with Crippen LogP contribution in [0, 0.1) is 0 Å². The summed E-state index contributed by atoms with van der Waals surface area (Å²) in [6, 6.07) is 10.2. The third-order valence-corrected chi connectivity index (χ3v) is 4.73. The molecule has 25 heavy (non-hydrogen) atoms. The number of carbonyl (C=O) groups is 2. The molecule has 3 N–H and O–H groups in total. The first-order valence-electron chi connectivity index (χ1n) is 9.50. The summed E-state index contributed by atoms with van der Waals surface area (Å²) in [6.45, 7) is 2.12. The predicted octanol–water partition coefficient (Wildman–Crippen LogP) is 2.25. The topological polar surface area (TPSA) is 75.4 Å². The summed E-state index contributed by atoms with van der Waals surface area (Å²) in [7, 11) is 0. The smallest absolute Gasteiger partial charge is 0.222 e. The van der Waals surface area contributed by atoms with Crippen molar-refractivity contribution in [3.8, 4) is 0 Å². The third-order valence-electron chi connectivity index (χ3n) is 4.73. The number of amides is 2. The second-order valence-electron chi connectivity index (χ2n) is 6.83. The molecule has 1 aliphatic rings. The maximum Gasteiger partial charge on any atom is 0.222 e. The van der Waals surface area contributed by atoms with E-state index >= 15 is 0 Å². The molecule has 0 aromatic heterocycles. The molecule has 1 aromatic carbocycles. The lowest BCUT2D eigenvalue weighted by molar-refractivity contribution is -0.130. The highest BCUT2D eigenvalue weighted by Crippen LogP contribution is 2.13. The monoisotopic (exact) mass is 345 g/mol. The average molecular weight is 345 g/mol. The lowest BCUT2D eigenvalue weighted by atomic mass is 10.1. The number of hydrogen-bond donors (Lipinski definition) is 2. The Bertz CT molecular complexity index is 533. The number of rotatable bonds is 10. The molecule has 5 heteroatoms. The second-order valence-corrected chi connectivity index (χ2v) is 6.83. The summed E-state index contributed by atoms with van der Waals surface area (Å²) in [5.41, 5.74) is 6.65. The van der Waals surface area contributed by atoms with Crippen LogP contribution in [0.2, 0.25) is 0 Å². The van der Waals surface area contributed by atoms with E-state index in [-0.39, 0.29) is 17.9 Å². The van der Waals surface area contributed by atoms with Crippen molar-refractivity contribution in [3.05, 3.63) is 35.9 Å². The second kappa shape index (κ2) is 10.9. The van der Waals surface area contributed by atoms with Crippen molar-refractivity contribution in [1.29, 1.82) is 0 Å². The zero-order valence-corrected chi connectivity index (χ0v) is 15.1. The molecular weight excluding hydrogens is 314 g/mol. The first-order chi connectivity index (χ1) is 12.2. The Morgan fingerprint density at radius 3 is 2.60 bits per heavy atom. The Morgan fingerprint density at radius 2 is 1.84 bits per heavy atom. The first-order valence-corrected chi connectivity index (χ1v) is 9.50. The molecule has 2 amide bonds. The van der Waals surface area contributed by atoms with E-state index in [1.807, 2.05) is 35.2 Å². The lowest BCUT2D eigenvalue weighted by Gasteiger charge is -2.17. The Labute approximate surface area is 151 Å². The minimum absolute atomic E-state index is 0.108. The molecule has 1 aliphatic heterocycles. The van der Waals surface area contributed by atoms with Gasteiger partial charge in [0, 0.05) is 32.0 Å². The van der Waals surface area contributed by atoms with Gasteiger partial charge in [0.2, 0.25) is 11.8 Å². The highest BCUT2D eigenvalue weighted by Gasteiger charge is 2.26. The molecule has 138 valence electrons. The number of hydrogen-bond acceptors (Lipinski definition) is 3. The van der Waals surface area contributed by atoms with Crippen molar-refractivity contribution in [2.75, 3.05) is 19.6 Å². The van der Waals surface area contributed by atoms with Gasteiger partial charge in [-0.1, -0.05) is 43.2 Å². The minimum Gasteiger partial charge on any atom is -0.352 e.